The van der Waals surface area contributed by atoms with Gasteiger partial charge in [0.25, 0.3) is 0 Å². The number of para-hydroxylation sites is 2. The largest absolute Gasteiger partial charge is 0.507 e. The van der Waals surface area contributed by atoms with Gasteiger partial charge in [-0.3, -0.25) is 0 Å². The molecule has 2 N–H and O–H groups in total. The summed E-state index contributed by atoms with van der Waals surface area (Å²) >= 11 is 0. The van der Waals surface area contributed by atoms with E-state index >= 15 is 0 Å². The highest BCUT2D eigenvalue weighted by atomic mass is 16.5. The molecule has 0 amide bonds. The van der Waals surface area contributed by atoms with Crippen LogP contribution in [0.3, 0.4) is 0 Å². The van der Waals surface area contributed by atoms with Crippen LogP contribution in [0.4, 0.5) is 0 Å². The summed E-state index contributed by atoms with van der Waals surface area (Å²) in [6.07, 6.45) is 0. The number of hydrogen-bond acceptors (Lipinski definition) is 4. The minimum atomic E-state index is -1.20. The lowest BCUT2D eigenvalue weighted by Gasteiger charge is -2.14. The fourth-order valence-electron chi connectivity index (χ4n) is 2.87. The van der Waals surface area contributed by atoms with Crippen molar-refractivity contribution in [3.8, 4) is 17.2 Å². The van der Waals surface area contributed by atoms with E-state index in [4.69, 9.17) is 9.47 Å². The maximum Gasteiger partial charge on any atom is 0.339 e. The molecule has 0 bridgehead atoms. The first-order valence-electron chi connectivity index (χ1n) is 8.90. The summed E-state index contributed by atoms with van der Waals surface area (Å²) in [6.45, 7) is 4.10. The number of aryl methyl sites for hydroxylation is 2. The molecule has 0 aliphatic rings. The van der Waals surface area contributed by atoms with Crippen LogP contribution in [0.15, 0.2) is 60.7 Å². The first kappa shape index (κ1) is 19.3. The Morgan fingerprint density at radius 3 is 1.93 bits per heavy atom. The van der Waals surface area contributed by atoms with Gasteiger partial charge in [-0.05, 0) is 54.8 Å². The van der Waals surface area contributed by atoms with Gasteiger partial charge in [0, 0.05) is 5.56 Å². The third-order valence-corrected chi connectivity index (χ3v) is 4.44. The van der Waals surface area contributed by atoms with Crippen molar-refractivity contribution in [1.82, 2.24) is 0 Å². The molecular weight excluding hydrogens is 356 g/mol. The van der Waals surface area contributed by atoms with Gasteiger partial charge in [0.15, 0.2) is 0 Å². The zero-order chi connectivity index (χ0) is 20.1. The van der Waals surface area contributed by atoms with E-state index < -0.39 is 5.97 Å². The number of carbonyl (C=O) groups is 1. The van der Waals surface area contributed by atoms with E-state index in [9.17, 15) is 15.0 Å². The summed E-state index contributed by atoms with van der Waals surface area (Å²) in [7, 11) is 0. The summed E-state index contributed by atoms with van der Waals surface area (Å²) in [5.74, 6) is -0.0846. The van der Waals surface area contributed by atoms with Crippen molar-refractivity contribution in [3.05, 3.63) is 88.5 Å². The number of carboxylic acids is 1. The van der Waals surface area contributed by atoms with Crippen LogP contribution in [0.25, 0.3) is 0 Å². The summed E-state index contributed by atoms with van der Waals surface area (Å²) in [5.41, 5.74) is 2.81. The number of rotatable bonds is 7. The molecule has 0 unspecified atom stereocenters. The molecule has 0 saturated carbocycles. The van der Waals surface area contributed by atoms with Gasteiger partial charge in [-0.1, -0.05) is 36.4 Å². The second-order valence-electron chi connectivity index (χ2n) is 6.56. The van der Waals surface area contributed by atoms with Crippen LogP contribution in [-0.2, 0) is 13.2 Å². The topological polar surface area (TPSA) is 76.0 Å². The monoisotopic (exact) mass is 378 g/mol. The molecule has 0 aromatic heterocycles. The predicted octanol–water partition coefficient (Wildman–Crippen LogP) is 4.87. The van der Waals surface area contributed by atoms with Crippen molar-refractivity contribution in [2.45, 2.75) is 27.1 Å². The van der Waals surface area contributed by atoms with Crippen LogP contribution in [0, 0.1) is 13.8 Å². The van der Waals surface area contributed by atoms with Crippen LogP contribution in [0.5, 0.6) is 17.2 Å². The fraction of sp³-hybridized carbons (Fsp3) is 0.174. The van der Waals surface area contributed by atoms with Crippen LogP contribution in [-0.4, -0.2) is 16.2 Å². The van der Waals surface area contributed by atoms with Gasteiger partial charge in [0.05, 0.1) is 0 Å². The molecule has 0 heterocycles. The average Bonchev–Trinajstić information content (AvgIpc) is 2.68. The first-order valence-corrected chi connectivity index (χ1v) is 8.90. The molecule has 3 aromatic rings. The Hall–Kier alpha value is -3.47. The SMILES string of the molecule is Cc1ccccc1OCc1cc(COc2ccccc2C)c(O)c(C(=O)O)c1. The van der Waals surface area contributed by atoms with Gasteiger partial charge in [-0.15, -0.1) is 0 Å². The quantitative estimate of drug-likeness (QED) is 0.614. The lowest BCUT2D eigenvalue weighted by atomic mass is 10.0. The summed E-state index contributed by atoms with van der Waals surface area (Å²) < 4.78 is 11.6. The summed E-state index contributed by atoms with van der Waals surface area (Å²) in [5, 5.41) is 19.8. The minimum absolute atomic E-state index is 0.0508. The minimum Gasteiger partial charge on any atom is -0.507 e. The van der Waals surface area contributed by atoms with Crippen LogP contribution >= 0.6 is 0 Å². The molecule has 28 heavy (non-hydrogen) atoms. The van der Waals surface area contributed by atoms with E-state index in [0.29, 0.717) is 16.9 Å². The average molecular weight is 378 g/mol. The Morgan fingerprint density at radius 2 is 1.39 bits per heavy atom. The molecule has 144 valence electrons. The van der Waals surface area contributed by atoms with Crippen molar-refractivity contribution in [2.24, 2.45) is 0 Å². The second-order valence-corrected chi connectivity index (χ2v) is 6.56. The lowest BCUT2D eigenvalue weighted by Crippen LogP contribution is -2.06. The number of ether oxygens (including phenoxy) is 2. The van der Waals surface area contributed by atoms with E-state index in [1.807, 2.05) is 62.4 Å². The Balaban J connectivity index is 1.84. The van der Waals surface area contributed by atoms with Crippen LogP contribution in [0.2, 0.25) is 0 Å². The predicted molar refractivity (Wildman–Crippen MR) is 106 cm³/mol. The van der Waals surface area contributed by atoms with Crippen LogP contribution in [0.1, 0.15) is 32.6 Å². The molecule has 3 aromatic carbocycles. The Morgan fingerprint density at radius 1 is 0.857 bits per heavy atom. The smallest absolute Gasteiger partial charge is 0.339 e. The Labute approximate surface area is 163 Å². The molecule has 0 aliphatic heterocycles. The van der Waals surface area contributed by atoms with Gasteiger partial charge in [0.1, 0.15) is 36.0 Å². The van der Waals surface area contributed by atoms with E-state index in [0.717, 1.165) is 16.9 Å². The molecule has 5 nitrogen and oxygen atoms in total. The van der Waals surface area contributed by atoms with Gasteiger partial charge in [-0.25, -0.2) is 4.79 Å². The van der Waals surface area contributed by atoms with Gasteiger partial charge in [0.2, 0.25) is 0 Å². The molecule has 0 saturated heterocycles. The van der Waals surface area contributed by atoms with E-state index in [1.165, 1.54) is 6.07 Å². The summed E-state index contributed by atoms with van der Waals surface area (Å²) in [6, 6.07) is 18.2. The molecule has 0 aliphatic carbocycles. The summed E-state index contributed by atoms with van der Waals surface area (Å²) in [4.78, 5) is 11.5. The van der Waals surface area contributed by atoms with Crippen LogP contribution < -0.4 is 9.47 Å². The molecule has 0 radical (unpaired) electrons. The van der Waals surface area contributed by atoms with Crippen molar-refractivity contribution < 1.29 is 24.5 Å². The standard InChI is InChI=1S/C23H22O5/c1-15-7-3-5-9-20(15)27-13-17-11-18(22(24)19(12-17)23(25)26)14-28-21-10-6-4-8-16(21)2/h3-12,24H,13-14H2,1-2H3,(H,25,26). The fourth-order valence-corrected chi connectivity index (χ4v) is 2.87. The number of phenols is 1. The van der Waals surface area contributed by atoms with Crippen molar-refractivity contribution in [3.63, 3.8) is 0 Å². The highest BCUT2D eigenvalue weighted by Crippen LogP contribution is 2.28. The zero-order valence-corrected chi connectivity index (χ0v) is 15.8. The maximum absolute atomic E-state index is 11.5. The van der Waals surface area contributed by atoms with E-state index in [2.05, 4.69) is 0 Å². The number of hydrogen-bond donors (Lipinski definition) is 2. The van der Waals surface area contributed by atoms with Gasteiger partial charge in [-0.2, -0.15) is 0 Å². The number of aromatic carboxylic acids is 1. The molecule has 5 heteroatoms. The van der Waals surface area contributed by atoms with E-state index in [1.54, 1.807) is 6.07 Å². The number of aromatic hydroxyl groups is 1. The zero-order valence-electron chi connectivity index (χ0n) is 15.8. The third-order valence-electron chi connectivity index (χ3n) is 4.44. The first-order chi connectivity index (χ1) is 13.5. The van der Waals surface area contributed by atoms with E-state index in [-0.39, 0.29) is 24.5 Å². The molecule has 3 rings (SSSR count). The Kier molecular flexibility index (Phi) is 5.84. The second kappa shape index (κ2) is 8.48. The molecule has 0 fully saturated rings. The Bertz CT molecular complexity index is 994. The maximum atomic E-state index is 11.5. The third kappa shape index (κ3) is 4.43. The highest BCUT2D eigenvalue weighted by Gasteiger charge is 2.17. The number of benzene rings is 3. The van der Waals surface area contributed by atoms with Gasteiger partial charge >= 0.3 is 5.97 Å². The normalized spacial score (nSPS) is 10.5. The lowest BCUT2D eigenvalue weighted by molar-refractivity contribution is 0.0693. The van der Waals surface area contributed by atoms with Crippen molar-refractivity contribution in [1.29, 1.82) is 0 Å². The highest BCUT2D eigenvalue weighted by molar-refractivity contribution is 5.91. The van der Waals surface area contributed by atoms with Gasteiger partial charge < -0.3 is 19.7 Å². The molecule has 0 atom stereocenters. The molecular formula is C23H22O5. The number of carboxylic acid groups (broad SMARTS) is 1. The van der Waals surface area contributed by atoms with Crippen molar-refractivity contribution >= 4 is 5.97 Å². The van der Waals surface area contributed by atoms with Crippen molar-refractivity contribution in [2.75, 3.05) is 0 Å². The molecule has 0 spiro atoms.